The summed E-state index contributed by atoms with van der Waals surface area (Å²) in [7, 11) is 1.87. The number of carbonyl (C=O) groups is 1. The van der Waals surface area contributed by atoms with Crippen LogP contribution in [-0.4, -0.2) is 29.8 Å². The molecule has 0 fully saturated rings. The van der Waals surface area contributed by atoms with E-state index in [1.165, 1.54) is 0 Å². The van der Waals surface area contributed by atoms with Crippen LogP contribution in [0.25, 0.3) is 0 Å². The summed E-state index contributed by atoms with van der Waals surface area (Å²) in [4.78, 5) is 12.0. The molecule has 0 aliphatic carbocycles. The lowest BCUT2D eigenvalue weighted by Crippen LogP contribution is -2.21. The number of nitrogens with one attached hydrogen (secondary N) is 3. The quantitative estimate of drug-likeness (QED) is 0.757. The van der Waals surface area contributed by atoms with Crippen molar-refractivity contribution in [1.29, 1.82) is 0 Å². The van der Waals surface area contributed by atoms with E-state index in [2.05, 4.69) is 20.8 Å². The third kappa shape index (κ3) is 3.82. The first-order valence-electron chi connectivity index (χ1n) is 6.78. The van der Waals surface area contributed by atoms with Crippen LogP contribution in [0.1, 0.15) is 17.0 Å². The molecule has 0 spiro atoms. The largest absolute Gasteiger partial charge is 0.483 e. The number of para-hydroxylation sites is 1. The highest BCUT2D eigenvalue weighted by atomic mass is 16.5. The molecule has 1 amide bonds. The fraction of sp³-hybridized carbons (Fsp3) is 0.333. The second-order valence-corrected chi connectivity index (χ2v) is 4.78. The fourth-order valence-electron chi connectivity index (χ4n) is 2.03. The van der Waals surface area contributed by atoms with Crippen LogP contribution < -0.4 is 15.4 Å². The molecule has 0 atom stereocenters. The van der Waals surface area contributed by atoms with Crippen molar-refractivity contribution in [2.45, 2.75) is 20.4 Å². The Morgan fingerprint density at radius 2 is 2.10 bits per heavy atom. The third-order valence-corrected chi connectivity index (χ3v) is 3.09. The molecule has 6 nitrogen and oxygen atoms in total. The number of carbonyl (C=O) groups excluding carboxylic acids is 1. The van der Waals surface area contributed by atoms with Crippen molar-refractivity contribution in [3.63, 3.8) is 0 Å². The van der Waals surface area contributed by atoms with Gasteiger partial charge < -0.3 is 15.4 Å². The van der Waals surface area contributed by atoms with Crippen molar-refractivity contribution in [2.24, 2.45) is 0 Å². The molecular weight excluding hydrogens is 268 g/mol. The standard InChI is InChI=1S/C15H20N4O2/c1-10-15(11(2)19-18-10)17-14(20)9-21-13-7-5-4-6-12(13)8-16-3/h4-7,16H,8-9H2,1-3H3,(H,17,20)(H,18,19). The molecule has 0 saturated heterocycles. The first-order valence-corrected chi connectivity index (χ1v) is 6.78. The third-order valence-electron chi connectivity index (χ3n) is 3.09. The van der Waals surface area contributed by atoms with Crippen LogP contribution >= 0.6 is 0 Å². The van der Waals surface area contributed by atoms with Gasteiger partial charge in [-0.1, -0.05) is 18.2 Å². The zero-order valence-corrected chi connectivity index (χ0v) is 12.5. The molecule has 0 aliphatic rings. The minimum atomic E-state index is -0.207. The molecule has 6 heteroatoms. The van der Waals surface area contributed by atoms with Gasteiger partial charge in [-0.2, -0.15) is 5.10 Å². The van der Waals surface area contributed by atoms with Gasteiger partial charge in [0.15, 0.2) is 6.61 Å². The van der Waals surface area contributed by atoms with Crippen LogP contribution in [0.4, 0.5) is 5.69 Å². The van der Waals surface area contributed by atoms with E-state index in [1.807, 2.05) is 45.2 Å². The van der Waals surface area contributed by atoms with Gasteiger partial charge in [0, 0.05) is 12.1 Å². The maximum Gasteiger partial charge on any atom is 0.262 e. The topological polar surface area (TPSA) is 79.0 Å². The van der Waals surface area contributed by atoms with Crippen molar-refractivity contribution in [3.05, 3.63) is 41.2 Å². The van der Waals surface area contributed by atoms with E-state index in [0.29, 0.717) is 18.0 Å². The Bertz CT molecular complexity index is 602. The second-order valence-electron chi connectivity index (χ2n) is 4.78. The van der Waals surface area contributed by atoms with Gasteiger partial charge in [0.25, 0.3) is 5.91 Å². The Kier molecular flexibility index (Phi) is 4.94. The minimum absolute atomic E-state index is 0.0369. The Hall–Kier alpha value is -2.34. The lowest BCUT2D eigenvalue weighted by Gasteiger charge is -2.11. The van der Waals surface area contributed by atoms with Gasteiger partial charge in [-0.3, -0.25) is 9.89 Å². The number of hydrogen-bond acceptors (Lipinski definition) is 4. The zero-order valence-electron chi connectivity index (χ0n) is 12.5. The Balaban J connectivity index is 1.96. The van der Waals surface area contributed by atoms with Gasteiger partial charge in [-0.25, -0.2) is 0 Å². The van der Waals surface area contributed by atoms with Crippen LogP contribution in [0.15, 0.2) is 24.3 Å². The minimum Gasteiger partial charge on any atom is -0.483 e. The SMILES string of the molecule is CNCc1ccccc1OCC(=O)Nc1c(C)n[nH]c1C. The molecule has 1 aromatic carbocycles. The van der Waals surface area contributed by atoms with Crippen molar-refractivity contribution in [3.8, 4) is 5.75 Å². The molecule has 2 rings (SSSR count). The second kappa shape index (κ2) is 6.90. The maximum atomic E-state index is 12.0. The number of H-pyrrole nitrogens is 1. The monoisotopic (exact) mass is 288 g/mol. The number of hydrogen-bond donors (Lipinski definition) is 3. The lowest BCUT2D eigenvalue weighted by atomic mass is 10.2. The molecular formula is C15H20N4O2. The van der Waals surface area contributed by atoms with Crippen LogP contribution in [0.5, 0.6) is 5.75 Å². The molecule has 0 unspecified atom stereocenters. The first kappa shape index (κ1) is 15.1. The average Bonchev–Trinajstić information content (AvgIpc) is 2.78. The first-order chi connectivity index (χ1) is 10.1. The van der Waals surface area contributed by atoms with E-state index in [1.54, 1.807) is 0 Å². The van der Waals surface area contributed by atoms with E-state index in [-0.39, 0.29) is 12.5 Å². The van der Waals surface area contributed by atoms with Gasteiger partial charge in [0.1, 0.15) is 5.75 Å². The average molecular weight is 288 g/mol. The highest BCUT2D eigenvalue weighted by Gasteiger charge is 2.11. The number of amides is 1. The summed E-state index contributed by atoms with van der Waals surface area (Å²) in [5, 5.41) is 12.7. The highest BCUT2D eigenvalue weighted by molar-refractivity contribution is 5.92. The van der Waals surface area contributed by atoms with Crippen LogP contribution in [-0.2, 0) is 11.3 Å². The molecule has 0 saturated carbocycles. The summed E-state index contributed by atoms with van der Waals surface area (Å²) in [5.74, 6) is 0.504. The number of rotatable bonds is 6. The van der Waals surface area contributed by atoms with Gasteiger partial charge in [0.05, 0.1) is 17.1 Å². The fourth-order valence-corrected chi connectivity index (χ4v) is 2.03. The molecule has 112 valence electrons. The number of nitrogens with zero attached hydrogens (tertiary/aromatic N) is 1. The van der Waals surface area contributed by atoms with Crippen LogP contribution in [0.3, 0.4) is 0 Å². The molecule has 1 aromatic heterocycles. The Labute approximate surface area is 123 Å². The highest BCUT2D eigenvalue weighted by Crippen LogP contribution is 2.18. The predicted octanol–water partition coefficient (Wildman–Crippen LogP) is 1.76. The predicted molar refractivity (Wildman–Crippen MR) is 81.4 cm³/mol. The summed E-state index contributed by atoms with van der Waals surface area (Å²) >= 11 is 0. The summed E-state index contributed by atoms with van der Waals surface area (Å²) < 4.78 is 5.60. The van der Waals surface area contributed by atoms with Crippen molar-refractivity contribution in [2.75, 3.05) is 19.0 Å². The van der Waals surface area contributed by atoms with Crippen molar-refractivity contribution < 1.29 is 9.53 Å². The van der Waals surface area contributed by atoms with Gasteiger partial charge in [0.2, 0.25) is 0 Å². The van der Waals surface area contributed by atoms with E-state index >= 15 is 0 Å². The van der Waals surface area contributed by atoms with Gasteiger partial charge >= 0.3 is 0 Å². The van der Waals surface area contributed by atoms with Crippen LogP contribution in [0, 0.1) is 13.8 Å². The van der Waals surface area contributed by atoms with E-state index in [9.17, 15) is 4.79 Å². The molecule has 3 N–H and O–H groups in total. The lowest BCUT2D eigenvalue weighted by molar-refractivity contribution is -0.118. The van der Waals surface area contributed by atoms with E-state index < -0.39 is 0 Å². The number of aromatic nitrogens is 2. The van der Waals surface area contributed by atoms with E-state index in [4.69, 9.17) is 4.74 Å². The van der Waals surface area contributed by atoms with Gasteiger partial charge in [-0.15, -0.1) is 0 Å². The van der Waals surface area contributed by atoms with Crippen molar-refractivity contribution in [1.82, 2.24) is 15.5 Å². The summed E-state index contributed by atoms with van der Waals surface area (Å²) in [6.45, 7) is 4.35. The summed E-state index contributed by atoms with van der Waals surface area (Å²) in [5.41, 5.74) is 3.32. The number of anilines is 1. The number of benzene rings is 1. The molecule has 0 radical (unpaired) electrons. The number of aromatic amines is 1. The Morgan fingerprint density at radius 1 is 1.33 bits per heavy atom. The molecule has 0 bridgehead atoms. The normalized spacial score (nSPS) is 10.4. The van der Waals surface area contributed by atoms with Gasteiger partial charge in [-0.05, 0) is 27.0 Å². The van der Waals surface area contributed by atoms with Crippen LogP contribution in [0.2, 0.25) is 0 Å². The summed E-state index contributed by atoms with van der Waals surface area (Å²) in [6, 6.07) is 7.65. The van der Waals surface area contributed by atoms with Crippen molar-refractivity contribution >= 4 is 11.6 Å². The number of aryl methyl sites for hydroxylation is 2. The van der Waals surface area contributed by atoms with E-state index in [0.717, 1.165) is 17.0 Å². The molecule has 21 heavy (non-hydrogen) atoms. The Morgan fingerprint density at radius 3 is 2.76 bits per heavy atom. The zero-order chi connectivity index (χ0) is 15.2. The molecule has 0 aliphatic heterocycles. The molecule has 2 aromatic rings. The summed E-state index contributed by atoms with van der Waals surface area (Å²) in [6.07, 6.45) is 0. The molecule has 1 heterocycles. The maximum absolute atomic E-state index is 12.0. The smallest absolute Gasteiger partial charge is 0.262 e. The number of ether oxygens (including phenoxy) is 1.